The lowest BCUT2D eigenvalue weighted by molar-refractivity contribution is 0.471. The van der Waals surface area contributed by atoms with Gasteiger partial charge >= 0.3 is 0 Å². The summed E-state index contributed by atoms with van der Waals surface area (Å²) in [6.07, 6.45) is 3.01. The molecule has 0 amide bonds. The summed E-state index contributed by atoms with van der Waals surface area (Å²) >= 11 is 9.47. The molecule has 2 aromatic carbocycles. The van der Waals surface area contributed by atoms with Crippen LogP contribution >= 0.6 is 27.5 Å². The minimum absolute atomic E-state index is 0.0557. The molecule has 21 heavy (non-hydrogen) atoms. The zero-order chi connectivity index (χ0) is 15.0. The van der Waals surface area contributed by atoms with Crippen LogP contribution in [-0.4, -0.2) is 5.11 Å². The Hall–Kier alpha value is -1.26. The van der Waals surface area contributed by atoms with Crippen LogP contribution in [-0.2, 0) is 6.42 Å². The molecule has 0 spiro atoms. The van der Waals surface area contributed by atoms with E-state index in [1.165, 1.54) is 17.7 Å². The van der Waals surface area contributed by atoms with Gasteiger partial charge in [-0.15, -0.1) is 0 Å². The number of phenols is 1. The molecule has 0 aromatic heterocycles. The first-order chi connectivity index (χ1) is 10.0. The molecule has 1 unspecified atom stereocenters. The predicted octanol–water partition coefficient (Wildman–Crippen LogP) is 5.44. The van der Waals surface area contributed by atoms with Crippen LogP contribution < -0.4 is 5.32 Å². The monoisotopic (exact) mass is 369 g/mol. The van der Waals surface area contributed by atoms with Gasteiger partial charge in [-0.1, -0.05) is 17.7 Å². The average Bonchev–Trinajstić information content (AvgIpc) is 2.43. The number of phenolic OH excluding ortho intramolecular Hbond substituents is 1. The van der Waals surface area contributed by atoms with Crippen molar-refractivity contribution in [3.05, 3.63) is 56.8 Å². The molecule has 2 N–H and O–H groups in total. The quantitative estimate of drug-likeness (QED) is 0.738. The maximum absolute atomic E-state index is 13.3. The van der Waals surface area contributed by atoms with Crippen molar-refractivity contribution in [3.8, 4) is 5.75 Å². The van der Waals surface area contributed by atoms with Crippen LogP contribution in [0.2, 0.25) is 5.02 Å². The maximum Gasteiger partial charge on any atom is 0.125 e. The molecule has 0 bridgehead atoms. The van der Waals surface area contributed by atoms with Crippen molar-refractivity contribution in [2.24, 2.45) is 0 Å². The Labute approximate surface area is 136 Å². The highest BCUT2D eigenvalue weighted by molar-refractivity contribution is 9.10. The summed E-state index contributed by atoms with van der Waals surface area (Å²) in [5.74, 6) is -0.120. The van der Waals surface area contributed by atoms with Crippen LogP contribution in [0.3, 0.4) is 0 Å². The van der Waals surface area contributed by atoms with Crippen LogP contribution in [0.1, 0.15) is 30.0 Å². The molecule has 0 saturated heterocycles. The third kappa shape index (κ3) is 3.01. The van der Waals surface area contributed by atoms with Crippen molar-refractivity contribution in [1.29, 1.82) is 0 Å². The lowest BCUT2D eigenvalue weighted by Crippen LogP contribution is -2.17. The van der Waals surface area contributed by atoms with E-state index in [0.29, 0.717) is 15.2 Å². The van der Waals surface area contributed by atoms with E-state index in [1.54, 1.807) is 12.1 Å². The van der Waals surface area contributed by atoms with Gasteiger partial charge in [0.2, 0.25) is 0 Å². The number of fused-ring (bicyclic) bond motifs is 1. The summed E-state index contributed by atoms with van der Waals surface area (Å²) in [6.45, 7) is 0. The fraction of sp³-hybridized carbons (Fsp3) is 0.250. The fourth-order valence-electron chi connectivity index (χ4n) is 2.79. The van der Waals surface area contributed by atoms with Gasteiger partial charge in [-0.2, -0.15) is 0 Å². The zero-order valence-electron chi connectivity index (χ0n) is 11.2. The Kier molecular flexibility index (Phi) is 4.09. The fourth-order valence-corrected chi connectivity index (χ4v) is 3.71. The molecule has 1 aliphatic carbocycles. The zero-order valence-corrected chi connectivity index (χ0v) is 13.5. The Morgan fingerprint density at radius 3 is 2.86 bits per heavy atom. The molecule has 0 heterocycles. The SMILES string of the molecule is Oc1ccc2c(c1)C(Nc1c(Cl)cc(F)cc1Br)CCC2. The second-order valence-corrected chi connectivity index (χ2v) is 6.48. The Bertz CT molecular complexity index is 669. The standard InChI is InChI=1S/C16H14BrClFNO/c17-13-6-10(19)7-14(18)16(13)20-15-3-1-2-9-4-5-11(21)8-12(9)15/h4-8,15,20-21H,1-3H2. The third-order valence-corrected chi connectivity index (χ3v) is 4.69. The molecular formula is C16H14BrClFNO. The van der Waals surface area contributed by atoms with Crippen molar-refractivity contribution in [1.82, 2.24) is 0 Å². The molecule has 0 saturated carbocycles. The van der Waals surface area contributed by atoms with Gasteiger partial charge in [0.05, 0.1) is 16.8 Å². The van der Waals surface area contributed by atoms with Gasteiger partial charge < -0.3 is 10.4 Å². The third-order valence-electron chi connectivity index (χ3n) is 3.77. The van der Waals surface area contributed by atoms with Crippen LogP contribution in [0.5, 0.6) is 5.75 Å². The average molecular weight is 371 g/mol. The van der Waals surface area contributed by atoms with Gasteiger partial charge in [0, 0.05) is 4.47 Å². The predicted molar refractivity (Wildman–Crippen MR) is 86.5 cm³/mol. The molecule has 0 fully saturated rings. The summed E-state index contributed by atoms with van der Waals surface area (Å²) in [7, 11) is 0. The van der Waals surface area contributed by atoms with Crippen LogP contribution in [0.15, 0.2) is 34.8 Å². The van der Waals surface area contributed by atoms with Crippen LogP contribution in [0, 0.1) is 5.82 Å². The van der Waals surface area contributed by atoms with Crippen molar-refractivity contribution in [3.63, 3.8) is 0 Å². The minimum Gasteiger partial charge on any atom is -0.508 e. The molecule has 1 aliphatic rings. The first-order valence-corrected chi connectivity index (χ1v) is 7.94. The Morgan fingerprint density at radius 1 is 1.29 bits per heavy atom. The van der Waals surface area contributed by atoms with Crippen molar-refractivity contribution in [2.45, 2.75) is 25.3 Å². The molecule has 1 atom stereocenters. The van der Waals surface area contributed by atoms with E-state index in [4.69, 9.17) is 11.6 Å². The molecule has 0 radical (unpaired) electrons. The van der Waals surface area contributed by atoms with E-state index in [1.807, 2.05) is 6.07 Å². The van der Waals surface area contributed by atoms with Gasteiger partial charge in [-0.05, 0) is 70.6 Å². The maximum atomic E-state index is 13.3. The summed E-state index contributed by atoms with van der Waals surface area (Å²) < 4.78 is 13.9. The molecule has 110 valence electrons. The van der Waals surface area contributed by atoms with E-state index in [2.05, 4.69) is 21.2 Å². The molecule has 2 nitrogen and oxygen atoms in total. The van der Waals surface area contributed by atoms with Crippen LogP contribution in [0.4, 0.5) is 10.1 Å². The summed E-state index contributed by atoms with van der Waals surface area (Å²) in [4.78, 5) is 0. The van der Waals surface area contributed by atoms with E-state index in [0.717, 1.165) is 24.8 Å². The lowest BCUT2D eigenvalue weighted by atomic mass is 9.87. The van der Waals surface area contributed by atoms with Gasteiger partial charge in [-0.25, -0.2) is 4.39 Å². The van der Waals surface area contributed by atoms with Gasteiger partial charge in [-0.3, -0.25) is 0 Å². The number of aromatic hydroxyl groups is 1. The second-order valence-electron chi connectivity index (χ2n) is 5.22. The second kappa shape index (κ2) is 5.85. The Morgan fingerprint density at radius 2 is 2.10 bits per heavy atom. The van der Waals surface area contributed by atoms with E-state index in [9.17, 15) is 9.50 Å². The summed E-state index contributed by atoms with van der Waals surface area (Å²) in [5.41, 5.74) is 2.98. The van der Waals surface area contributed by atoms with Gasteiger partial charge in [0.25, 0.3) is 0 Å². The van der Waals surface area contributed by atoms with Gasteiger partial charge in [0.15, 0.2) is 0 Å². The number of anilines is 1. The van der Waals surface area contributed by atoms with E-state index >= 15 is 0 Å². The number of nitrogens with one attached hydrogen (secondary N) is 1. The minimum atomic E-state index is -0.376. The number of benzene rings is 2. The number of hydrogen-bond donors (Lipinski definition) is 2. The molecular weight excluding hydrogens is 357 g/mol. The number of rotatable bonds is 2. The van der Waals surface area contributed by atoms with Crippen molar-refractivity contribution < 1.29 is 9.50 Å². The highest BCUT2D eigenvalue weighted by Crippen LogP contribution is 2.39. The Balaban J connectivity index is 1.96. The highest BCUT2D eigenvalue weighted by Gasteiger charge is 2.22. The number of hydrogen-bond acceptors (Lipinski definition) is 2. The van der Waals surface area contributed by atoms with Crippen LogP contribution in [0.25, 0.3) is 0 Å². The molecule has 5 heteroatoms. The van der Waals surface area contributed by atoms with Gasteiger partial charge in [0.1, 0.15) is 11.6 Å². The van der Waals surface area contributed by atoms with Crippen molar-refractivity contribution >= 4 is 33.2 Å². The lowest BCUT2D eigenvalue weighted by Gasteiger charge is -2.28. The molecule has 0 aliphatic heterocycles. The first kappa shape index (κ1) is 14.7. The molecule has 2 aromatic rings. The normalized spacial score (nSPS) is 17.4. The number of halogens is 3. The van der Waals surface area contributed by atoms with E-state index in [-0.39, 0.29) is 17.6 Å². The first-order valence-electron chi connectivity index (χ1n) is 6.77. The number of aryl methyl sites for hydroxylation is 1. The molecule has 3 rings (SSSR count). The summed E-state index contributed by atoms with van der Waals surface area (Å²) in [5, 5.41) is 13.4. The summed E-state index contributed by atoms with van der Waals surface area (Å²) in [6, 6.07) is 8.20. The topological polar surface area (TPSA) is 32.3 Å². The smallest absolute Gasteiger partial charge is 0.125 e. The largest absolute Gasteiger partial charge is 0.508 e. The highest BCUT2D eigenvalue weighted by atomic mass is 79.9. The van der Waals surface area contributed by atoms with E-state index < -0.39 is 0 Å². The van der Waals surface area contributed by atoms with Crippen molar-refractivity contribution in [2.75, 3.05) is 5.32 Å².